The summed E-state index contributed by atoms with van der Waals surface area (Å²) in [5.41, 5.74) is -2.06. The molecule has 0 spiro atoms. The third-order valence-corrected chi connectivity index (χ3v) is 7.33. The zero-order chi connectivity index (χ0) is 27.8. The number of alkyl halides is 6. The maximum absolute atomic E-state index is 13.6. The largest absolute Gasteiger partial charge is 0.481 e. The van der Waals surface area contributed by atoms with Crippen molar-refractivity contribution in [1.29, 1.82) is 0 Å². The number of carboxylic acids is 1. The summed E-state index contributed by atoms with van der Waals surface area (Å²) < 4.78 is 85.9. The first-order valence-electron chi connectivity index (χ1n) is 12.3. The Labute approximate surface area is 215 Å². The number of aliphatic carboxylic acids is 1. The van der Waals surface area contributed by atoms with Crippen LogP contribution in [-0.2, 0) is 21.9 Å². The van der Waals surface area contributed by atoms with E-state index < -0.39 is 52.9 Å². The smallest absolute Gasteiger partial charge is 0.416 e. The highest BCUT2D eigenvalue weighted by atomic mass is 19.4. The summed E-state index contributed by atoms with van der Waals surface area (Å²) in [6, 6.07) is 7.03. The van der Waals surface area contributed by atoms with Crippen molar-refractivity contribution in [1.82, 2.24) is 4.90 Å². The Morgan fingerprint density at radius 1 is 1.03 bits per heavy atom. The molecule has 0 aromatic heterocycles. The zero-order valence-corrected chi connectivity index (χ0v) is 20.5. The Bertz CT molecular complexity index is 1190. The fourth-order valence-corrected chi connectivity index (χ4v) is 5.12. The summed E-state index contributed by atoms with van der Waals surface area (Å²) in [6.45, 7) is 1.62. The highest BCUT2D eigenvalue weighted by molar-refractivity contribution is 5.76. The third kappa shape index (κ3) is 6.48. The molecular weight excluding hydrogens is 516 g/mol. The van der Waals surface area contributed by atoms with Crippen LogP contribution in [0.25, 0.3) is 0 Å². The summed E-state index contributed by atoms with van der Waals surface area (Å²) in [5, 5.41) is 9.24. The van der Waals surface area contributed by atoms with Gasteiger partial charge in [0.05, 0.1) is 23.5 Å². The number of rotatable bonds is 8. The molecule has 206 valence electrons. The fourth-order valence-electron chi connectivity index (χ4n) is 5.12. The topological polar surface area (TPSA) is 66.8 Å². The molecule has 2 aromatic rings. The molecule has 1 heterocycles. The van der Waals surface area contributed by atoms with Gasteiger partial charge in [0.1, 0.15) is 5.75 Å². The lowest BCUT2D eigenvalue weighted by molar-refractivity contribution is -0.142. The number of ether oxygens (including phenoxy) is 1. The number of hydrogen-bond acceptors (Lipinski definition) is 4. The Morgan fingerprint density at radius 3 is 2.34 bits per heavy atom. The lowest BCUT2D eigenvalue weighted by Crippen LogP contribution is -2.29. The second-order valence-electron chi connectivity index (χ2n) is 9.99. The van der Waals surface area contributed by atoms with Gasteiger partial charge in [-0.3, -0.25) is 14.5 Å². The summed E-state index contributed by atoms with van der Waals surface area (Å²) in [6.07, 6.45) is -7.54. The third-order valence-electron chi connectivity index (χ3n) is 7.33. The van der Waals surface area contributed by atoms with Gasteiger partial charge in [-0.15, -0.1) is 0 Å². The van der Waals surface area contributed by atoms with Crippen molar-refractivity contribution in [2.24, 2.45) is 11.8 Å². The van der Waals surface area contributed by atoms with E-state index >= 15 is 0 Å². The van der Waals surface area contributed by atoms with E-state index in [0.717, 1.165) is 18.4 Å². The number of likely N-dealkylation sites (tertiary alicyclic amines) is 1. The molecule has 1 aliphatic heterocycles. The quantitative estimate of drug-likeness (QED) is 0.229. The Balaban J connectivity index is 1.46. The van der Waals surface area contributed by atoms with Gasteiger partial charge < -0.3 is 9.84 Å². The van der Waals surface area contributed by atoms with Crippen LogP contribution in [0.3, 0.4) is 0 Å². The van der Waals surface area contributed by atoms with Crippen LogP contribution >= 0.6 is 0 Å². The molecule has 2 aliphatic rings. The number of carbonyl (C=O) groups is 2. The van der Waals surface area contributed by atoms with E-state index in [1.165, 1.54) is 6.92 Å². The van der Waals surface area contributed by atoms with Gasteiger partial charge in [0, 0.05) is 12.6 Å². The van der Waals surface area contributed by atoms with Gasteiger partial charge in [0.2, 0.25) is 0 Å². The monoisotopic (exact) mass is 543 g/mol. The number of carboxylic acid groups (broad SMARTS) is 1. The number of hydrogen-bond donors (Lipinski definition) is 1. The van der Waals surface area contributed by atoms with Crippen LogP contribution in [0.5, 0.6) is 5.75 Å². The molecule has 2 aromatic carbocycles. The number of nitrogens with zero attached hydrogens (tertiary/aromatic N) is 1. The lowest BCUT2D eigenvalue weighted by atomic mass is 9.91. The summed E-state index contributed by atoms with van der Waals surface area (Å²) in [5.74, 6) is -1.88. The molecule has 0 radical (unpaired) electrons. The van der Waals surface area contributed by atoms with Crippen LogP contribution in [0.4, 0.5) is 26.3 Å². The van der Waals surface area contributed by atoms with Crippen molar-refractivity contribution in [3.63, 3.8) is 0 Å². The van der Waals surface area contributed by atoms with Gasteiger partial charge in [0.25, 0.3) is 0 Å². The van der Waals surface area contributed by atoms with E-state index in [4.69, 9.17) is 4.74 Å². The van der Waals surface area contributed by atoms with Crippen molar-refractivity contribution in [2.45, 2.75) is 56.9 Å². The minimum Gasteiger partial charge on any atom is -0.481 e. The normalized spacial score (nSPS) is 20.2. The predicted octanol–water partition coefficient (Wildman–Crippen LogP) is 6.68. The minimum atomic E-state index is -4.84. The fraction of sp³-hybridized carbons (Fsp3) is 0.481. The molecule has 0 amide bonds. The second-order valence-corrected chi connectivity index (χ2v) is 9.99. The van der Waals surface area contributed by atoms with Gasteiger partial charge in [-0.1, -0.05) is 12.1 Å². The standard InChI is InChI=1S/C27H27F6NO4/c1-15(21-12-19(26(28,29)30)7-8-23(21)27(31,32)33)34-10-9-18(14-34)25(37)38-20-4-2-3-17(11-20)22(13-24(35)36)16-5-6-16/h2-4,7-8,11-12,15-16,18,22H,5-6,9-10,13-14H2,1H3,(H,35,36)/t15?,18?,22-/m0/s1. The first kappa shape index (κ1) is 27.9. The van der Waals surface area contributed by atoms with Crippen molar-refractivity contribution in [3.05, 3.63) is 64.7 Å². The molecular formula is C27H27F6NO4. The van der Waals surface area contributed by atoms with E-state index in [1.807, 2.05) is 0 Å². The van der Waals surface area contributed by atoms with E-state index in [2.05, 4.69) is 0 Å². The van der Waals surface area contributed by atoms with Crippen LogP contribution in [0.15, 0.2) is 42.5 Å². The summed E-state index contributed by atoms with van der Waals surface area (Å²) >= 11 is 0. The number of carbonyl (C=O) groups excluding carboxylic acids is 1. The Morgan fingerprint density at radius 2 is 1.74 bits per heavy atom. The van der Waals surface area contributed by atoms with Gasteiger partial charge in [-0.2, -0.15) is 26.3 Å². The molecule has 4 rings (SSSR count). The van der Waals surface area contributed by atoms with Gasteiger partial charge >= 0.3 is 24.3 Å². The lowest BCUT2D eigenvalue weighted by Gasteiger charge is -2.28. The highest BCUT2D eigenvalue weighted by Crippen LogP contribution is 2.45. The van der Waals surface area contributed by atoms with Crippen molar-refractivity contribution in [3.8, 4) is 5.75 Å². The highest BCUT2D eigenvalue weighted by Gasteiger charge is 2.41. The molecule has 1 aliphatic carbocycles. The Kier molecular flexibility index (Phi) is 7.79. The molecule has 3 atom stereocenters. The van der Waals surface area contributed by atoms with Crippen LogP contribution < -0.4 is 4.74 Å². The predicted molar refractivity (Wildman–Crippen MR) is 124 cm³/mol. The molecule has 0 bridgehead atoms. The average Bonchev–Trinajstić information content (AvgIpc) is 3.55. The molecule has 38 heavy (non-hydrogen) atoms. The maximum Gasteiger partial charge on any atom is 0.416 e. The number of esters is 1. The molecule has 2 fully saturated rings. The molecule has 1 saturated heterocycles. The van der Waals surface area contributed by atoms with E-state index in [1.54, 1.807) is 29.2 Å². The Hall–Kier alpha value is -3.08. The molecule has 1 N–H and O–H groups in total. The van der Waals surface area contributed by atoms with Gasteiger partial charge in [-0.05, 0) is 86.0 Å². The molecule has 1 saturated carbocycles. The molecule has 2 unspecified atom stereocenters. The van der Waals surface area contributed by atoms with Crippen LogP contribution in [0, 0.1) is 11.8 Å². The van der Waals surface area contributed by atoms with Crippen LogP contribution in [0.2, 0.25) is 0 Å². The van der Waals surface area contributed by atoms with Crippen molar-refractivity contribution in [2.75, 3.05) is 13.1 Å². The minimum absolute atomic E-state index is 0.0247. The first-order valence-corrected chi connectivity index (χ1v) is 12.3. The van der Waals surface area contributed by atoms with E-state index in [-0.39, 0.29) is 43.5 Å². The molecule has 5 nitrogen and oxygen atoms in total. The number of benzene rings is 2. The van der Waals surface area contributed by atoms with Crippen molar-refractivity contribution < 1.29 is 45.8 Å². The summed E-state index contributed by atoms with van der Waals surface area (Å²) in [4.78, 5) is 25.7. The SMILES string of the molecule is CC(c1cc(C(F)(F)F)ccc1C(F)(F)F)N1CCC(C(=O)Oc2cccc([C@@H](CC(=O)O)C3CC3)c2)C1. The van der Waals surface area contributed by atoms with E-state index in [9.17, 15) is 41.0 Å². The van der Waals surface area contributed by atoms with Crippen LogP contribution in [-0.4, -0.2) is 35.0 Å². The number of halogens is 6. The van der Waals surface area contributed by atoms with Crippen molar-refractivity contribution >= 4 is 11.9 Å². The first-order chi connectivity index (χ1) is 17.7. The van der Waals surface area contributed by atoms with Gasteiger partial charge in [0.15, 0.2) is 0 Å². The van der Waals surface area contributed by atoms with Gasteiger partial charge in [-0.25, -0.2) is 0 Å². The maximum atomic E-state index is 13.6. The van der Waals surface area contributed by atoms with E-state index in [0.29, 0.717) is 18.2 Å². The molecule has 11 heteroatoms. The zero-order valence-electron chi connectivity index (χ0n) is 20.5. The van der Waals surface area contributed by atoms with Crippen LogP contribution in [0.1, 0.15) is 66.8 Å². The summed E-state index contributed by atoms with van der Waals surface area (Å²) in [7, 11) is 0. The second kappa shape index (κ2) is 10.6. The average molecular weight is 544 g/mol.